The number of benzene rings is 3. The van der Waals surface area contributed by atoms with Crippen LogP contribution in [0.1, 0.15) is 23.2 Å². The van der Waals surface area contributed by atoms with Crippen molar-refractivity contribution in [2.75, 3.05) is 24.7 Å². The molecule has 0 fully saturated rings. The molecule has 0 aliphatic carbocycles. The summed E-state index contributed by atoms with van der Waals surface area (Å²) in [4.78, 5) is 33.4. The van der Waals surface area contributed by atoms with Crippen LogP contribution in [0.15, 0.2) is 52.4 Å². The molecule has 19 heteroatoms. The number of hydrazine groups is 2. The lowest BCUT2D eigenvalue weighted by Gasteiger charge is -2.12. The molecule has 2 aliphatic rings. The second-order valence-electron chi connectivity index (χ2n) is 9.61. The van der Waals surface area contributed by atoms with Crippen molar-refractivity contribution in [3.63, 3.8) is 0 Å². The first-order valence-electron chi connectivity index (χ1n) is 13.3. The summed E-state index contributed by atoms with van der Waals surface area (Å²) >= 11 is 32.8. The summed E-state index contributed by atoms with van der Waals surface area (Å²) in [5, 5.41) is 1.40. The Hall–Kier alpha value is -2.85. The molecule has 2 aliphatic heterocycles. The highest BCUT2D eigenvalue weighted by Gasteiger charge is 2.25. The topological polar surface area (TPSA) is 125 Å². The standard InChI is InChI=1S/C28H21Cl5F2N6O4S2/c29-15-6-17(31)20(34)4-13(15)22-10-46-27(36-22)40-38-25(42)8-44-12-1-2-24(19(33)3-12)45-9-26(43)39-41-28-37-23(11-47-28)14-5-21(35)18(32)7-16(14)30/h1-7,22-23H,8-11H2,(H,36,40)(H,37,41)(H,38,42)(H,39,43). The van der Waals surface area contributed by atoms with Crippen molar-refractivity contribution in [3.05, 3.63) is 90.3 Å². The number of amides is 2. The fraction of sp³-hybridized carbons (Fsp3) is 0.214. The van der Waals surface area contributed by atoms with Gasteiger partial charge in [-0.05, 0) is 47.5 Å². The summed E-state index contributed by atoms with van der Waals surface area (Å²) in [7, 11) is 0. The van der Waals surface area contributed by atoms with Crippen molar-refractivity contribution in [2.24, 2.45) is 9.98 Å². The van der Waals surface area contributed by atoms with E-state index in [0.717, 1.165) is 0 Å². The van der Waals surface area contributed by atoms with Crippen molar-refractivity contribution in [1.29, 1.82) is 0 Å². The zero-order chi connectivity index (χ0) is 33.7. The largest absolute Gasteiger partial charge is 0.484 e. The highest BCUT2D eigenvalue weighted by Crippen LogP contribution is 2.37. The van der Waals surface area contributed by atoms with E-state index in [1.165, 1.54) is 66.0 Å². The molecule has 2 amide bonds. The molecule has 0 aromatic heterocycles. The molecule has 0 bridgehead atoms. The third-order valence-electron chi connectivity index (χ3n) is 6.35. The van der Waals surface area contributed by atoms with Crippen molar-refractivity contribution >= 4 is 104 Å². The van der Waals surface area contributed by atoms with Crippen molar-refractivity contribution < 1.29 is 27.8 Å². The number of ether oxygens (including phenoxy) is 2. The fourth-order valence-electron chi connectivity index (χ4n) is 4.09. The van der Waals surface area contributed by atoms with Crippen molar-refractivity contribution in [2.45, 2.75) is 12.1 Å². The highest BCUT2D eigenvalue weighted by molar-refractivity contribution is 8.14. The number of aliphatic imine (C=N–C) groups is 2. The Bertz CT molecular complexity index is 1770. The van der Waals surface area contributed by atoms with Crippen LogP contribution in [0.3, 0.4) is 0 Å². The van der Waals surface area contributed by atoms with Gasteiger partial charge in [-0.15, -0.1) is 0 Å². The minimum Gasteiger partial charge on any atom is -0.484 e. The predicted molar refractivity (Wildman–Crippen MR) is 183 cm³/mol. The molecule has 2 unspecified atom stereocenters. The number of carbonyl (C=O) groups is 2. The highest BCUT2D eigenvalue weighted by atomic mass is 35.5. The summed E-state index contributed by atoms with van der Waals surface area (Å²) in [6.07, 6.45) is 0. The number of carbonyl (C=O) groups excluding carboxylic acids is 2. The van der Waals surface area contributed by atoms with Crippen LogP contribution in [0, 0.1) is 11.6 Å². The molecular weight excluding hydrogens is 764 g/mol. The fourth-order valence-corrected chi connectivity index (χ4v) is 7.12. The summed E-state index contributed by atoms with van der Waals surface area (Å²) < 4.78 is 38.7. The minimum atomic E-state index is -0.596. The smallest absolute Gasteiger partial charge is 0.276 e. The number of nitrogens with zero attached hydrogens (tertiary/aromatic N) is 2. The van der Waals surface area contributed by atoms with E-state index in [4.69, 9.17) is 67.5 Å². The van der Waals surface area contributed by atoms with Crippen LogP contribution in [-0.2, 0) is 9.59 Å². The molecule has 10 nitrogen and oxygen atoms in total. The van der Waals surface area contributed by atoms with E-state index in [0.29, 0.717) is 43.0 Å². The Labute approximate surface area is 300 Å². The first-order valence-corrected chi connectivity index (χ1v) is 17.2. The van der Waals surface area contributed by atoms with E-state index in [-0.39, 0.29) is 39.8 Å². The maximum Gasteiger partial charge on any atom is 0.276 e. The Morgan fingerprint density at radius 2 is 1.19 bits per heavy atom. The normalized spacial score (nSPS) is 17.1. The van der Waals surface area contributed by atoms with Gasteiger partial charge in [0.25, 0.3) is 11.8 Å². The monoisotopic (exact) mass is 782 g/mol. The Balaban J connectivity index is 1.02. The molecular formula is C28H21Cl5F2N6O4S2. The lowest BCUT2D eigenvalue weighted by Crippen LogP contribution is -2.42. The summed E-state index contributed by atoms with van der Waals surface area (Å²) in [6.45, 7) is -0.729. The zero-order valence-electron chi connectivity index (χ0n) is 23.5. The Kier molecular flexibility index (Phi) is 12.1. The molecule has 248 valence electrons. The molecule has 2 heterocycles. The van der Waals surface area contributed by atoms with Crippen LogP contribution in [-0.4, -0.2) is 46.9 Å². The number of thioether (sulfide) groups is 2. The lowest BCUT2D eigenvalue weighted by atomic mass is 10.1. The predicted octanol–water partition coefficient (Wildman–Crippen LogP) is 6.92. The number of amidine groups is 2. The third kappa shape index (κ3) is 9.40. The summed E-state index contributed by atoms with van der Waals surface area (Å²) in [6, 6.07) is 8.74. The number of halogens is 7. The van der Waals surface area contributed by atoms with Crippen molar-refractivity contribution in [3.8, 4) is 11.5 Å². The van der Waals surface area contributed by atoms with Gasteiger partial charge >= 0.3 is 0 Å². The molecule has 0 saturated carbocycles. The quantitative estimate of drug-likeness (QED) is 0.144. The lowest BCUT2D eigenvalue weighted by molar-refractivity contribution is -0.124. The van der Waals surface area contributed by atoms with E-state index in [1.54, 1.807) is 0 Å². The molecule has 0 saturated heterocycles. The first-order chi connectivity index (χ1) is 22.5. The number of hydrogen-bond donors (Lipinski definition) is 4. The van der Waals surface area contributed by atoms with Gasteiger partial charge in [0.1, 0.15) is 23.1 Å². The van der Waals surface area contributed by atoms with Gasteiger partial charge in [-0.25, -0.2) is 8.78 Å². The third-order valence-corrected chi connectivity index (χ3v) is 9.80. The van der Waals surface area contributed by atoms with Gasteiger partial charge in [-0.3, -0.25) is 41.3 Å². The molecule has 2 atom stereocenters. The van der Waals surface area contributed by atoms with E-state index in [2.05, 4.69) is 31.7 Å². The van der Waals surface area contributed by atoms with Crippen LogP contribution in [0.2, 0.25) is 25.1 Å². The minimum absolute atomic E-state index is 0.0773. The second-order valence-corrected chi connectivity index (χ2v) is 13.7. The average Bonchev–Trinajstić information content (AvgIpc) is 3.71. The van der Waals surface area contributed by atoms with E-state index in [1.807, 2.05) is 0 Å². The van der Waals surface area contributed by atoms with Crippen LogP contribution >= 0.6 is 81.5 Å². The number of nitrogens with one attached hydrogen (secondary N) is 4. The van der Waals surface area contributed by atoms with E-state index < -0.39 is 35.5 Å². The van der Waals surface area contributed by atoms with E-state index >= 15 is 0 Å². The van der Waals surface area contributed by atoms with Crippen LogP contribution < -0.4 is 31.2 Å². The Morgan fingerprint density at radius 3 is 1.68 bits per heavy atom. The van der Waals surface area contributed by atoms with Crippen LogP contribution in [0.25, 0.3) is 0 Å². The average molecular weight is 785 g/mol. The zero-order valence-corrected chi connectivity index (χ0v) is 28.9. The van der Waals surface area contributed by atoms with Crippen LogP contribution in [0.4, 0.5) is 8.78 Å². The van der Waals surface area contributed by atoms with Gasteiger partial charge in [0, 0.05) is 27.6 Å². The van der Waals surface area contributed by atoms with Gasteiger partial charge in [0.2, 0.25) is 0 Å². The van der Waals surface area contributed by atoms with E-state index in [9.17, 15) is 18.4 Å². The SMILES string of the molecule is O=C(COc1ccc(OCC(=O)NNC2=NC(c3cc(F)c(Cl)cc3Cl)CS2)c(Cl)c1)NNC1=NC(c2cc(F)c(Cl)cc2Cl)CS1. The molecule has 3 aromatic rings. The van der Waals surface area contributed by atoms with Gasteiger partial charge in [0.15, 0.2) is 23.5 Å². The first kappa shape index (κ1) is 35.5. The van der Waals surface area contributed by atoms with Gasteiger partial charge in [-0.2, -0.15) is 0 Å². The summed E-state index contributed by atoms with van der Waals surface area (Å²) in [5.41, 5.74) is 11.3. The molecule has 4 N–H and O–H groups in total. The molecule has 3 aromatic carbocycles. The Morgan fingerprint density at radius 1 is 0.702 bits per heavy atom. The van der Waals surface area contributed by atoms with Crippen LogP contribution in [0.5, 0.6) is 11.5 Å². The molecule has 0 spiro atoms. The number of hydrogen-bond acceptors (Lipinski definition) is 10. The second kappa shape index (κ2) is 16.0. The maximum atomic E-state index is 13.9. The van der Waals surface area contributed by atoms with Crippen molar-refractivity contribution in [1.82, 2.24) is 21.7 Å². The maximum absolute atomic E-state index is 13.9. The summed E-state index contributed by atoms with van der Waals surface area (Å²) in [5.74, 6) is -0.763. The molecule has 47 heavy (non-hydrogen) atoms. The molecule has 0 radical (unpaired) electrons. The number of rotatable bonds is 8. The molecule has 5 rings (SSSR count). The van der Waals surface area contributed by atoms with Gasteiger partial charge < -0.3 is 9.47 Å². The van der Waals surface area contributed by atoms with Gasteiger partial charge in [0.05, 0.1) is 27.2 Å². The van der Waals surface area contributed by atoms with Gasteiger partial charge in [-0.1, -0.05) is 81.5 Å².